The largest absolute Gasteiger partial charge is 0.392 e. The number of sulfonamides is 1. The van der Waals surface area contributed by atoms with E-state index < -0.39 is 21.9 Å². The Labute approximate surface area is 101 Å². The van der Waals surface area contributed by atoms with Crippen LogP contribution in [0.25, 0.3) is 0 Å². The molecule has 0 saturated heterocycles. The smallest absolute Gasteiger partial charge is 0.240 e. The Balaban J connectivity index is 2.69. The van der Waals surface area contributed by atoms with E-state index in [1.807, 2.05) is 6.92 Å². The van der Waals surface area contributed by atoms with E-state index in [1.165, 1.54) is 18.2 Å². The Bertz CT molecular complexity index is 462. The molecule has 0 heterocycles. The number of hydrogen-bond donors (Lipinski definition) is 2. The number of nitrogens with one attached hydrogen (secondary N) is 1. The van der Waals surface area contributed by atoms with Crippen molar-refractivity contribution in [2.75, 3.05) is 6.54 Å². The van der Waals surface area contributed by atoms with Crippen LogP contribution in [-0.2, 0) is 10.0 Å². The van der Waals surface area contributed by atoms with Gasteiger partial charge in [-0.3, -0.25) is 0 Å². The van der Waals surface area contributed by atoms with Crippen LogP contribution in [-0.4, -0.2) is 26.2 Å². The average molecular weight is 261 g/mol. The fourth-order valence-corrected chi connectivity index (χ4v) is 2.46. The Kier molecular flexibility index (Phi) is 5.04. The average Bonchev–Trinajstić information content (AvgIpc) is 2.27. The van der Waals surface area contributed by atoms with Gasteiger partial charge in [0.2, 0.25) is 10.0 Å². The molecular formula is C11H16FNO3S. The maximum absolute atomic E-state index is 12.9. The van der Waals surface area contributed by atoms with Crippen LogP contribution < -0.4 is 4.72 Å². The van der Waals surface area contributed by atoms with Gasteiger partial charge >= 0.3 is 0 Å². The predicted molar refractivity (Wildman–Crippen MR) is 62.5 cm³/mol. The normalized spacial score (nSPS) is 13.6. The van der Waals surface area contributed by atoms with E-state index in [-0.39, 0.29) is 11.4 Å². The van der Waals surface area contributed by atoms with Gasteiger partial charge in [-0.15, -0.1) is 0 Å². The van der Waals surface area contributed by atoms with Crippen LogP contribution in [0.3, 0.4) is 0 Å². The Morgan fingerprint density at radius 2 is 2.18 bits per heavy atom. The van der Waals surface area contributed by atoms with Crippen molar-refractivity contribution >= 4 is 10.0 Å². The Hall–Kier alpha value is -0.980. The SMILES string of the molecule is CCCC(O)CNS(=O)(=O)c1cccc(F)c1. The van der Waals surface area contributed by atoms with Gasteiger partial charge in [0.25, 0.3) is 0 Å². The zero-order chi connectivity index (χ0) is 12.9. The van der Waals surface area contributed by atoms with Crippen molar-refractivity contribution in [1.29, 1.82) is 0 Å². The van der Waals surface area contributed by atoms with E-state index in [1.54, 1.807) is 0 Å². The first kappa shape index (κ1) is 14.1. The maximum Gasteiger partial charge on any atom is 0.240 e. The summed E-state index contributed by atoms with van der Waals surface area (Å²) in [6, 6.07) is 4.74. The molecule has 1 rings (SSSR count). The van der Waals surface area contributed by atoms with Gasteiger partial charge in [-0.2, -0.15) is 0 Å². The van der Waals surface area contributed by atoms with E-state index in [0.29, 0.717) is 6.42 Å². The number of halogens is 1. The van der Waals surface area contributed by atoms with Gasteiger partial charge in [0, 0.05) is 6.54 Å². The van der Waals surface area contributed by atoms with Crippen LogP contribution in [0.15, 0.2) is 29.2 Å². The highest BCUT2D eigenvalue weighted by Crippen LogP contribution is 2.10. The van der Waals surface area contributed by atoms with Crippen molar-refractivity contribution in [2.24, 2.45) is 0 Å². The fraction of sp³-hybridized carbons (Fsp3) is 0.455. The highest BCUT2D eigenvalue weighted by Gasteiger charge is 2.15. The molecule has 96 valence electrons. The first-order valence-electron chi connectivity index (χ1n) is 5.39. The topological polar surface area (TPSA) is 66.4 Å². The number of hydrogen-bond acceptors (Lipinski definition) is 3. The summed E-state index contributed by atoms with van der Waals surface area (Å²) < 4.78 is 38.5. The lowest BCUT2D eigenvalue weighted by Crippen LogP contribution is -2.32. The third-order valence-electron chi connectivity index (χ3n) is 2.24. The molecule has 0 aromatic heterocycles. The molecule has 2 N–H and O–H groups in total. The summed E-state index contributed by atoms with van der Waals surface area (Å²) in [4.78, 5) is -0.138. The first-order chi connectivity index (χ1) is 7.95. The van der Waals surface area contributed by atoms with Crippen molar-refractivity contribution in [3.8, 4) is 0 Å². The third kappa shape index (κ3) is 4.41. The van der Waals surface area contributed by atoms with Gasteiger partial charge in [0.05, 0.1) is 11.0 Å². The highest BCUT2D eigenvalue weighted by atomic mass is 32.2. The van der Waals surface area contributed by atoms with E-state index in [0.717, 1.165) is 12.5 Å². The molecule has 17 heavy (non-hydrogen) atoms. The quantitative estimate of drug-likeness (QED) is 0.810. The van der Waals surface area contributed by atoms with Crippen LogP contribution >= 0.6 is 0 Å². The summed E-state index contributed by atoms with van der Waals surface area (Å²) in [7, 11) is -3.75. The molecule has 0 amide bonds. The van der Waals surface area contributed by atoms with Crippen molar-refractivity contribution in [3.63, 3.8) is 0 Å². The first-order valence-corrected chi connectivity index (χ1v) is 6.87. The second-order valence-electron chi connectivity index (χ2n) is 3.75. The molecule has 0 aliphatic carbocycles. The number of benzene rings is 1. The molecule has 4 nitrogen and oxygen atoms in total. The lowest BCUT2D eigenvalue weighted by atomic mass is 10.2. The van der Waals surface area contributed by atoms with Crippen LogP contribution in [0, 0.1) is 5.82 Å². The lowest BCUT2D eigenvalue weighted by Gasteiger charge is -2.11. The van der Waals surface area contributed by atoms with Crippen molar-refractivity contribution < 1.29 is 17.9 Å². The van der Waals surface area contributed by atoms with Crippen molar-refractivity contribution in [2.45, 2.75) is 30.8 Å². The van der Waals surface area contributed by atoms with Gasteiger partial charge in [0.1, 0.15) is 5.82 Å². The molecule has 0 aliphatic rings. The van der Waals surface area contributed by atoms with Gasteiger partial charge in [0.15, 0.2) is 0 Å². The molecule has 0 spiro atoms. The number of aliphatic hydroxyl groups excluding tert-OH is 1. The number of aliphatic hydroxyl groups is 1. The third-order valence-corrected chi connectivity index (χ3v) is 3.66. The molecule has 1 aromatic carbocycles. The predicted octanol–water partition coefficient (Wildman–Crippen LogP) is 1.26. The molecular weight excluding hydrogens is 245 g/mol. The van der Waals surface area contributed by atoms with Crippen LogP contribution in [0.1, 0.15) is 19.8 Å². The van der Waals surface area contributed by atoms with Crippen molar-refractivity contribution in [1.82, 2.24) is 4.72 Å². The standard InChI is InChI=1S/C11H16FNO3S/c1-2-4-10(14)8-13-17(15,16)11-6-3-5-9(12)7-11/h3,5-7,10,13-14H,2,4,8H2,1H3. The molecule has 0 bridgehead atoms. The minimum Gasteiger partial charge on any atom is -0.392 e. The van der Waals surface area contributed by atoms with Crippen LogP contribution in [0.2, 0.25) is 0 Å². The van der Waals surface area contributed by atoms with Gasteiger partial charge in [-0.25, -0.2) is 17.5 Å². The Morgan fingerprint density at radius 3 is 2.76 bits per heavy atom. The van der Waals surface area contributed by atoms with Gasteiger partial charge in [-0.1, -0.05) is 19.4 Å². The molecule has 0 radical (unpaired) electrons. The molecule has 0 saturated carbocycles. The maximum atomic E-state index is 12.9. The molecule has 0 fully saturated rings. The monoisotopic (exact) mass is 261 g/mol. The summed E-state index contributed by atoms with van der Waals surface area (Å²) in [5.41, 5.74) is 0. The second-order valence-corrected chi connectivity index (χ2v) is 5.52. The molecule has 1 aromatic rings. The summed E-state index contributed by atoms with van der Waals surface area (Å²) >= 11 is 0. The van der Waals surface area contributed by atoms with E-state index >= 15 is 0 Å². The van der Waals surface area contributed by atoms with Crippen molar-refractivity contribution in [3.05, 3.63) is 30.1 Å². The summed E-state index contributed by atoms with van der Waals surface area (Å²) in [6.07, 6.45) is 0.567. The fourth-order valence-electron chi connectivity index (χ4n) is 1.36. The molecule has 1 unspecified atom stereocenters. The van der Waals surface area contributed by atoms with E-state index in [9.17, 15) is 17.9 Å². The number of rotatable bonds is 6. The Morgan fingerprint density at radius 1 is 1.47 bits per heavy atom. The van der Waals surface area contributed by atoms with Crippen LogP contribution in [0.4, 0.5) is 4.39 Å². The minimum absolute atomic E-state index is 0.0628. The molecule has 0 aliphatic heterocycles. The van der Waals surface area contributed by atoms with E-state index in [4.69, 9.17) is 0 Å². The molecule has 1 atom stereocenters. The second kappa shape index (κ2) is 6.09. The minimum atomic E-state index is -3.75. The molecule has 6 heteroatoms. The van der Waals surface area contributed by atoms with Gasteiger partial charge in [-0.05, 0) is 24.6 Å². The van der Waals surface area contributed by atoms with E-state index in [2.05, 4.69) is 4.72 Å². The highest BCUT2D eigenvalue weighted by molar-refractivity contribution is 7.89. The zero-order valence-corrected chi connectivity index (χ0v) is 10.4. The lowest BCUT2D eigenvalue weighted by molar-refractivity contribution is 0.167. The summed E-state index contributed by atoms with van der Waals surface area (Å²) in [5, 5.41) is 9.41. The summed E-state index contributed by atoms with van der Waals surface area (Å²) in [5.74, 6) is -0.609. The zero-order valence-electron chi connectivity index (χ0n) is 9.56. The van der Waals surface area contributed by atoms with Gasteiger partial charge < -0.3 is 5.11 Å². The van der Waals surface area contributed by atoms with Crippen LogP contribution in [0.5, 0.6) is 0 Å². The summed E-state index contributed by atoms with van der Waals surface area (Å²) in [6.45, 7) is 1.83.